The third kappa shape index (κ3) is 3.50. The molecule has 2 aromatic rings. The SMILES string of the molecule is CNc1nc(NCC2CC2)nc2c(NC)nc(NCCO)nc12. The molecule has 0 amide bonds. The standard InChI is InChI=1S/C14H22N8O/c1-15-11-10-9(19-13(21-11)17-5-6-23)12(16-2)22-14(20-10)18-7-8-3-4-8/h8,23H,3-7H2,1-2H3,(H2,15,17,19,21)(H2,16,18,20,22). The summed E-state index contributed by atoms with van der Waals surface area (Å²) in [5.41, 5.74) is 1.28. The highest BCUT2D eigenvalue weighted by Gasteiger charge is 2.22. The molecule has 1 aliphatic rings. The Morgan fingerprint density at radius 2 is 1.48 bits per heavy atom. The third-order valence-corrected chi connectivity index (χ3v) is 3.66. The van der Waals surface area contributed by atoms with E-state index in [0.717, 1.165) is 12.5 Å². The maximum absolute atomic E-state index is 8.93. The Kier molecular flexibility index (Phi) is 4.56. The van der Waals surface area contributed by atoms with E-state index in [4.69, 9.17) is 5.11 Å². The first-order valence-corrected chi connectivity index (χ1v) is 7.79. The topological polar surface area (TPSA) is 120 Å². The van der Waals surface area contributed by atoms with Gasteiger partial charge in [0.25, 0.3) is 0 Å². The largest absolute Gasteiger partial charge is 0.395 e. The predicted molar refractivity (Wildman–Crippen MR) is 91.0 cm³/mol. The molecular weight excluding hydrogens is 296 g/mol. The molecule has 23 heavy (non-hydrogen) atoms. The summed E-state index contributed by atoms with van der Waals surface area (Å²) >= 11 is 0. The Labute approximate surface area is 134 Å². The highest BCUT2D eigenvalue weighted by Crippen LogP contribution is 2.30. The van der Waals surface area contributed by atoms with E-state index in [1.807, 2.05) is 0 Å². The van der Waals surface area contributed by atoms with Crippen molar-refractivity contribution in [2.45, 2.75) is 12.8 Å². The molecule has 1 aliphatic carbocycles. The van der Waals surface area contributed by atoms with Crippen LogP contribution in [0.5, 0.6) is 0 Å². The van der Waals surface area contributed by atoms with Gasteiger partial charge < -0.3 is 26.4 Å². The summed E-state index contributed by atoms with van der Waals surface area (Å²) in [6.45, 7) is 1.28. The zero-order valence-corrected chi connectivity index (χ0v) is 13.3. The molecule has 9 nitrogen and oxygen atoms in total. The number of aromatic nitrogens is 4. The third-order valence-electron chi connectivity index (χ3n) is 3.66. The first-order chi connectivity index (χ1) is 11.2. The van der Waals surface area contributed by atoms with E-state index in [2.05, 4.69) is 41.2 Å². The second kappa shape index (κ2) is 6.78. The number of nitrogens with one attached hydrogen (secondary N) is 4. The van der Waals surface area contributed by atoms with Crippen LogP contribution in [0.3, 0.4) is 0 Å². The lowest BCUT2D eigenvalue weighted by Gasteiger charge is -2.13. The van der Waals surface area contributed by atoms with Gasteiger partial charge in [0, 0.05) is 27.2 Å². The fourth-order valence-corrected chi connectivity index (χ4v) is 2.25. The van der Waals surface area contributed by atoms with Gasteiger partial charge in [-0.2, -0.15) is 9.97 Å². The monoisotopic (exact) mass is 318 g/mol. The fraction of sp³-hybridized carbons (Fsp3) is 0.571. The average molecular weight is 318 g/mol. The molecule has 0 unspecified atom stereocenters. The zero-order valence-electron chi connectivity index (χ0n) is 13.3. The van der Waals surface area contributed by atoms with Gasteiger partial charge in [-0.15, -0.1) is 0 Å². The van der Waals surface area contributed by atoms with Crippen LogP contribution in [-0.2, 0) is 0 Å². The van der Waals surface area contributed by atoms with Crippen molar-refractivity contribution >= 4 is 34.6 Å². The zero-order chi connectivity index (χ0) is 16.2. The minimum absolute atomic E-state index is 0.00962. The number of rotatable bonds is 8. The van der Waals surface area contributed by atoms with E-state index in [0.29, 0.717) is 41.1 Å². The second-order valence-corrected chi connectivity index (χ2v) is 5.46. The molecule has 1 saturated carbocycles. The molecule has 0 aliphatic heterocycles. The lowest BCUT2D eigenvalue weighted by atomic mass is 10.3. The molecule has 2 heterocycles. The van der Waals surface area contributed by atoms with Crippen molar-refractivity contribution in [1.29, 1.82) is 0 Å². The van der Waals surface area contributed by atoms with Crippen molar-refractivity contribution in [2.24, 2.45) is 5.92 Å². The van der Waals surface area contributed by atoms with Crippen LogP contribution in [0.25, 0.3) is 11.0 Å². The molecule has 0 radical (unpaired) electrons. The van der Waals surface area contributed by atoms with E-state index >= 15 is 0 Å². The first kappa shape index (κ1) is 15.5. The summed E-state index contributed by atoms with van der Waals surface area (Å²) in [5, 5.41) is 21.3. The van der Waals surface area contributed by atoms with Gasteiger partial charge in [-0.3, -0.25) is 0 Å². The van der Waals surface area contributed by atoms with Crippen molar-refractivity contribution in [3.05, 3.63) is 0 Å². The molecule has 0 spiro atoms. The van der Waals surface area contributed by atoms with Crippen molar-refractivity contribution in [3.8, 4) is 0 Å². The number of aliphatic hydroxyl groups excluding tert-OH is 1. The second-order valence-electron chi connectivity index (χ2n) is 5.46. The van der Waals surface area contributed by atoms with Crippen LogP contribution >= 0.6 is 0 Å². The van der Waals surface area contributed by atoms with Gasteiger partial charge in [0.2, 0.25) is 11.9 Å². The fourth-order valence-electron chi connectivity index (χ4n) is 2.25. The Bertz CT molecular complexity index is 688. The van der Waals surface area contributed by atoms with Crippen molar-refractivity contribution < 1.29 is 5.11 Å². The number of hydrogen-bond donors (Lipinski definition) is 5. The maximum atomic E-state index is 8.93. The van der Waals surface area contributed by atoms with Crippen LogP contribution in [0.15, 0.2) is 0 Å². The summed E-state index contributed by atoms with van der Waals surface area (Å²) in [6, 6.07) is 0. The van der Waals surface area contributed by atoms with E-state index in [1.54, 1.807) is 14.1 Å². The van der Waals surface area contributed by atoms with Crippen LogP contribution in [0, 0.1) is 5.92 Å². The molecule has 124 valence electrons. The molecule has 1 fully saturated rings. The van der Waals surface area contributed by atoms with E-state index in [9.17, 15) is 0 Å². The lowest BCUT2D eigenvalue weighted by molar-refractivity contribution is 0.311. The van der Waals surface area contributed by atoms with Gasteiger partial charge in [0.15, 0.2) is 11.6 Å². The summed E-state index contributed by atoms with van der Waals surface area (Å²) < 4.78 is 0. The van der Waals surface area contributed by atoms with Crippen LogP contribution in [-0.4, -0.2) is 58.8 Å². The van der Waals surface area contributed by atoms with E-state index < -0.39 is 0 Å². The smallest absolute Gasteiger partial charge is 0.225 e. The minimum atomic E-state index is 0.00962. The highest BCUT2D eigenvalue weighted by molar-refractivity contribution is 5.94. The predicted octanol–water partition coefficient (Wildman–Crippen LogP) is 0.729. The number of aliphatic hydroxyl groups is 1. The van der Waals surface area contributed by atoms with Gasteiger partial charge >= 0.3 is 0 Å². The van der Waals surface area contributed by atoms with Crippen LogP contribution < -0.4 is 21.3 Å². The van der Waals surface area contributed by atoms with E-state index in [1.165, 1.54) is 12.8 Å². The Hall–Kier alpha value is -2.42. The van der Waals surface area contributed by atoms with E-state index in [-0.39, 0.29) is 6.61 Å². The summed E-state index contributed by atoms with van der Waals surface area (Å²) in [7, 11) is 3.59. The number of anilines is 4. The van der Waals surface area contributed by atoms with Crippen molar-refractivity contribution in [1.82, 2.24) is 19.9 Å². The van der Waals surface area contributed by atoms with Gasteiger partial charge in [-0.25, -0.2) is 9.97 Å². The highest BCUT2D eigenvalue weighted by atomic mass is 16.3. The normalized spacial score (nSPS) is 13.9. The van der Waals surface area contributed by atoms with Crippen molar-refractivity contribution in [2.75, 3.05) is 55.1 Å². The minimum Gasteiger partial charge on any atom is -0.395 e. The number of hydrogen-bond acceptors (Lipinski definition) is 9. The average Bonchev–Trinajstić information content (AvgIpc) is 3.41. The molecule has 3 rings (SSSR count). The molecule has 0 atom stereocenters. The summed E-state index contributed by atoms with van der Waals surface area (Å²) in [5.74, 6) is 2.99. The molecule has 2 aromatic heterocycles. The van der Waals surface area contributed by atoms with Gasteiger partial charge in [0.05, 0.1) is 6.61 Å². The van der Waals surface area contributed by atoms with Crippen LogP contribution in [0.4, 0.5) is 23.5 Å². The molecule has 9 heteroatoms. The quantitative estimate of drug-likeness (QED) is 0.479. The number of fused-ring (bicyclic) bond motifs is 1. The molecule has 5 N–H and O–H groups in total. The van der Waals surface area contributed by atoms with Crippen LogP contribution in [0.1, 0.15) is 12.8 Å². The Morgan fingerprint density at radius 1 is 0.913 bits per heavy atom. The Balaban J connectivity index is 2.00. The summed E-state index contributed by atoms with van der Waals surface area (Å²) in [6.07, 6.45) is 2.54. The van der Waals surface area contributed by atoms with Gasteiger partial charge in [-0.05, 0) is 18.8 Å². The summed E-state index contributed by atoms with van der Waals surface area (Å²) in [4.78, 5) is 17.9. The van der Waals surface area contributed by atoms with Crippen molar-refractivity contribution in [3.63, 3.8) is 0 Å². The van der Waals surface area contributed by atoms with Gasteiger partial charge in [-0.1, -0.05) is 0 Å². The maximum Gasteiger partial charge on any atom is 0.225 e. The van der Waals surface area contributed by atoms with Crippen LogP contribution in [0.2, 0.25) is 0 Å². The molecule has 0 saturated heterocycles. The molecule has 0 aromatic carbocycles. The number of nitrogens with zero attached hydrogens (tertiary/aromatic N) is 4. The first-order valence-electron chi connectivity index (χ1n) is 7.79. The molecular formula is C14H22N8O. The van der Waals surface area contributed by atoms with Gasteiger partial charge in [0.1, 0.15) is 11.0 Å². The Morgan fingerprint density at radius 3 is 1.96 bits per heavy atom. The lowest BCUT2D eigenvalue weighted by Crippen LogP contribution is -2.13. The molecule has 0 bridgehead atoms.